The highest BCUT2D eigenvalue weighted by molar-refractivity contribution is 9.11. The summed E-state index contributed by atoms with van der Waals surface area (Å²) < 4.78 is 7.72. The molecule has 5 heteroatoms. The van der Waals surface area contributed by atoms with Gasteiger partial charge in [-0.1, -0.05) is 0 Å². The highest BCUT2D eigenvalue weighted by Crippen LogP contribution is 2.35. The number of nitrogens with two attached hydrogens (primary N) is 1. The van der Waals surface area contributed by atoms with Gasteiger partial charge in [0.05, 0.1) is 15.6 Å². The van der Waals surface area contributed by atoms with E-state index < -0.39 is 0 Å². The number of hydrogen-bond donors (Lipinski definition) is 1. The Hall–Kier alpha value is -0.100. The van der Waals surface area contributed by atoms with Crippen LogP contribution >= 0.6 is 31.9 Å². The van der Waals surface area contributed by atoms with Crippen LogP contribution in [0, 0.1) is 0 Å². The van der Waals surface area contributed by atoms with Gasteiger partial charge < -0.3 is 15.4 Å². The molecule has 0 amide bonds. The zero-order chi connectivity index (χ0) is 14.3. The summed E-state index contributed by atoms with van der Waals surface area (Å²) in [6.45, 7) is 2.40. The van der Waals surface area contributed by atoms with Gasteiger partial charge >= 0.3 is 0 Å². The molecule has 0 aromatic heterocycles. The van der Waals surface area contributed by atoms with Crippen LogP contribution in [0.1, 0.15) is 18.4 Å². The Bertz CT molecular complexity index is 374. The van der Waals surface area contributed by atoms with E-state index in [4.69, 9.17) is 10.5 Å². The maximum absolute atomic E-state index is 5.72. The van der Waals surface area contributed by atoms with Crippen molar-refractivity contribution in [3.63, 3.8) is 0 Å². The smallest absolute Gasteiger partial charge is 0.147 e. The molecule has 0 aliphatic rings. The molecule has 19 heavy (non-hydrogen) atoms. The molecule has 108 valence electrons. The average Bonchev–Trinajstić information content (AvgIpc) is 2.32. The summed E-state index contributed by atoms with van der Waals surface area (Å²) in [5.74, 6) is 0.866. The molecule has 1 rings (SSSR count). The van der Waals surface area contributed by atoms with E-state index in [2.05, 4.69) is 63.0 Å². The van der Waals surface area contributed by atoms with E-state index in [-0.39, 0.29) is 0 Å². The molecule has 0 atom stereocenters. The Labute approximate surface area is 132 Å². The monoisotopic (exact) mass is 392 g/mol. The van der Waals surface area contributed by atoms with Crippen LogP contribution in [-0.2, 0) is 6.42 Å². The van der Waals surface area contributed by atoms with Gasteiger partial charge in [0.2, 0.25) is 0 Å². The van der Waals surface area contributed by atoms with E-state index in [1.165, 1.54) is 5.56 Å². The topological polar surface area (TPSA) is 38.5 Å². The van der Waals surface area contributed by atoms with E-state index in [9.17, 15) is 0 Å². The fraction of sp³-hybridized carbons (Fsp3) is 0.571. The zero-order valence-electron chi connectivity index (χ0n) is 11.6. The van der Waals surface area contributed by atoms with Crippen LogP contribution < -0.4 is 10.5 Å². The highest BCUT2D eigenvalue weighted by Gasteiger charge is 2.09. The third-order valence-corrected chi connectivity index (χ3v) is 3.90. The zero-order valence-corrected chi connectivity index (χ0v) is 14.8. The van der Waals surface area contributed by atoms with Crippen molar-refractivity contribution in [1.82, 2.24) is 4.90 Å². The molecular weight excluding hydrogens is 372 g/mol. The number of rotatable bonds is 8. The summed E-state index contributed by atoms with van der Waals surface area (Å²) >= 11 is 7.15. The summed E-state index contributed by atoms with van der Waals surface area (Å²) in [7, 11) is 4.19. The van der Waals surface area contributed by atoms with Gasteiger partial charge in [-0.05, 0) is 96.0 Å². The molecule has 0 aliphatic carbocycles. The fourth-order valence-electron chi connectivity index (χ4n) is 1.75. The maximum atomic E-state index is 5.72. The van der Waals surface area contributed by atoms with Crippen LogP contribution in [-0.4, -0.2) is 38.7 Å². The van der Waals surface area contributed by atoms with E-state index in [1.54, 1.807) is 0 Å². The summed E-state index contributed by atoms with van der Waals surface area (Å²) in [4.78, 5) is 2.20. The van der Waals surface area contributed by atoms with Gasteiger partial charge in [0.25, 0.3) is 0 Å². The molecular formula is C14H22Br2N2O. The molecule has 0 unspecified atom stereocenters. The molecule has 3 nitrogen and oxygen atoms in total. The van der Waals surface area contributed by atoms with Crippen LogP contribution in [0.15, 0.2) is 21.1 Å². The van der Waals surface area contributed by atoms with E-state index in [0.29, 0.717) is 13.2 Å². The lowest BCUT2D eigenvalue weighted by atomic mass is 10.1. The average molecular weight is 394 g/mol. The Morgan fingerprint density at radius 3 is 2.32 bits per heavy atom. The molecule has 1 aromatic carbocycles. The van der Waals surface area contributed by atoms with Crippen LogP contribution in [0.2, 0.25) is 0 Å². The molecule has 0 aliphatic heterocycles. The Balaban J connectivity index is 2.62. The number of hydrogen-bond acceptors (Lipinski definition) is 3. The van der Waals surface area contributed by atoms with Gasteiger partial charge in [-0.2, -0.15) is 0 Å². The van der Waals surface area contributed by atoms with Crippen molar-refractivity contribution >= 4 is 31.9 Å². The van der Waals surface area contributed by atoms with Crippen molar-refractivity contribution in [3.8, 4) is 5.75 Å². The Kier molecular flexibility index (Phi) is 7.99. The molecule has 0 fully saturated rings. The van der Waals surface area contributed by atoms with Gasteiger partial charge in [0.15, 0.2) is 0 Å². The summed E-state index contributed by atoms with van der Waals surface area (Å²) in [6.07, 6.45) is 3.08. The van der Waals surface area contributed by atoms with Gasteiger partial charge in [-0.25, -0.2) is 0 Å². The third-order valence-electron chi connectivity index (χ3n) is 2.72. The third kappa shape index (κ3) is 6.25. The normalized spacial score (nSPS) is 11.1. The van der Waals surface area contributed by atoms with Crippen molar-refractivity contribution in [2.75, 3.05) is 33.8 Å². The number of ether oxygens (including phenoxy) is 1. The van der Waals surface area contributed by atoms with Crippen LogP contribution in [0.4, 0.5) is 0 Å². The van der Waals surface area contributed by atoms with Crippen molar-refractivity contribution < 1.29 is 4.74 Å². The summed E-state index contributed by atoms with van der Waals surface area (Å²) in [5.41, 5.74) is 6.78. The molecule has 0 radical (unpaired) electrons. The van der Waals surface area contributed by atoms with Gasteiger partial charge in [-0.3, -0.25) is 0 Å². The van der Waals surface area contributed by atoms with E-state index in [1.807, 2.05) is 0 Å². The first-order chi connectivity index (χ1) is 9.04. The first-order valence-corrected chi connectivity index (χ1v) is 8.08. The lowest BCUT2D eigenvalue weighted by molar-refractivity contribution is 0.309. The predicted molar refractivity (Wildman–Crippen MR) is 87.9 cm³/mol. The fourth-order valence-corrected chi connectivity index (χ4v) is 3.26. The van der Waals surface area contributed by atoms with Crippen molar-refractivity contribution in [3.05, 3.63) is 26.6 Å². The second-order valence-electron chi connectivity index (χ2n) is 4.79. The highest BCUT2D eigenvalue weighted by atomic mass is 79.9. The van der Waals surface area contributed by atoms with Crippen molar-refractivity contribution in [2.24, 2.45) is 5.73 Å². The Morgan fingerprint density at radius 1 is 1.16 bits per heavy atom. The van der Waals surface area contributed by atoms with Gasteiger partial charge in [0, 0.05) is 0 Å². The van der Waals surface area contributed by atoms with Gasteiger partial charge in [-0.15, -0.1) is 0 Å². The number of nitrogens with zero attached hydrogens (tertiary/aromatic N) is 1. The summed E-state index contributed by atoms with van der Waals surface area (Å²) in [5, 5.41) is 0. The molecule has 2 N–H and O–H groups in total. The second-order valence-corrected chi connectivity index (χ2v) is 6.49. The summed E-state index contributed by atoms with van der Waals surface area (Å²) in [6, 6.07) is 4.27. The minimum Gasteiger partial charge on any atom is -0.491 e. The van der Waals surface area contributed by atoms with Crippen molar-refractivity contribution in [1.29, 1.82) is 0 Å². The molecule has 1 aromatic rings. The Morgan fingerprint density at radius 2 is 1.79 bits per heavy atom. The molecule has 0 heterocycles. The molecule has 0 saturated heterocycles. The first-order valence-electron chi connectivity index (χ1n) is 6.50. The molecule has 0 spiro atoms. The maximum Gasteiger partial charge on any atom is 0.147 e. The largest absolute Gasteiger partial charge is 0.491 e. The molecule has 0 saturated carbocycles. The first kappa shape index (κ1) is 17.0. The second kappa shape index (κ2) is 8.95. The van der Waals surface area contributed by atoms with Crippen LogP contribution in [0.5, 0.6) is 5.75 Å². The van der Waals surface area contributed by atoms with E-state index in [0.717, 1.165) is 40.5 Å². The molecule has 0 bridgehead atoms. The van der Waals surface area contributed by atoms with E-state index >= 15 is 0 Å². The SMILES string of the molecule is CN(C)CCCc1cc(Br)c(OCCCN)c(Br)c1. The minimum absolute atomic E-state index is 0.647. The number of halogens is 2. The van der Waals surface area contributed by atoms with Gasteiger partial charge in [0.1, 0.15) is 5.75 Å². The quantitative estimate of drug-likeness (QED) is 0.687. The minimum atomic E-state index is 0.647. The standard InChI is InChI=1S/C14H22Br2N2O/c1-18(2)7-3-5-11-9-12(15)14(13(16)10-11)19-8-4-6-17/h9-10H,3-8,17H2,1-2H3. The van der Waals surface area contributed by atoms with Crippen LogP contribution in [0.3, 0.4) is 0 Å². The number of benzene rings is 1. The lowest BCUT2D eigenvalue weighted by Crippen LogP contribution is -2.13. The van der Waals surface area contributed by atoms with Crippen LogP contribution in [0.25, 0.3) is 0 Å². The predicted octanol–water partition coefficient (Wildman–Crippen LogP) is 3.43. The number of aryl methyl sites for hydroxylation is 1. The lowest BCUT2D eigenvalue weighted by Gasteiger charge is -2.13. The van der Waals surface area contributed by atoms with Crippen molar-refractivity contribution in [2.45, 2.75) is 19.3 Å².